The summed E-state index contributed by atoms with van der Waals surface area (Å²) < 4.78 is 25.1. The SMILES string of the molecule is CCn1c([C@H](C)NC(=O)C[C@H]2CCS(=O)(=O)C2)nc2ccccc21. The predicted molar refractivity (Wildman–Crippen MR) is 93.3 cm³/mol. The van der Waals surface area contributed by atoms with Crippen molar-refractivity contribution in [3.63, 3.8) is 0 Å². The molecule has 0 unspecified atom stereocenters. The Labute approximate surface area is 142 Å². The van der Waals surface area contributed by atoms with Crippen LogP contribution < -0.4 is 5.32 Å². The summed E-state index contributed by atoms with van der Waals surface area (Å²) in [7, 11) is -2.95. The summed E-state index contributed by atoms with van der Waals surface area (Å²) in [5.41, 5.74) is 1.97. The van der Waals surface area contributed by atoms with Crippen molar-refractivity contribution in [1.29, 1.82) is 0 Å². The first kappa shape index (κ1) is 17.0. The summed E-state index contributed by atoms with van der Waals surface area (Å²) in [6.45, 7) is 4.74. The molecule has 1 amide bonds. The number of benzene rings is 1. The number of hydrogen-bond donors (Lipinski definition) is 1. The van der Waals surface area contributed by atoms with Crippen LogP contribution in [0.1, 0.15) is 38.6 Å². The number of aromatic nitrogens is 2. The highest BCUT2D eigenvalue weighted by Gasteiger charge is 2.30. The molecule has 0 saturated carbocycles. The monoisotopic (exact) mass is 349 g/mol. The minimum Gasteiger partial charge on any atom is -0.346 e. The van der Waals surface area contributed by atoms with E-state index in [1.807, 2.05) is 31.2 Å². The number of amides is 1. The standard InChI is InChI=1S/C17H23N3O3S/c1-3-20-15-7-5-4-6-14(15)19-17(20)12(2)18-16(21)10-13-8-9-24(22,23)11-13/h4-7,12-13H,3,8-11H2,1-2H3,(H,18,21)/t12-,13+/m0/s1. The van der Waals surface area contributed by atoms with Gasteiger partial charge in [-0.15, -0.1) is 0 Å². The molecule has 2 heterocycles. The zero-order chi connectivity index (χ0) is 17.3. The predicted octanol–water partition coefficient (Wildman–Crippen LogP) is 2.06. The summed E-state index contributed by atoms with van der Waals surface area (Å²) in [5, 5.41) is 2.97. The third-order valence-corrected chi connectivity index (χ3v) is 6.40. The van der Waals surface area contributed by atoms with Crippen molar-refractivity contribution in [2.24, 2.45) is 5.92 Å². The molecule has 2 atom stereocenters. The van der Waals surface area contributed by atoms with Gasteiger partial charge in [-0.3, -0.25) is 4.79 Å². The van der Waals surface area contributed by atoms with Gasteiger partial charge in [0.2, 0.25) is 5.91 Å². The Morgan fingerprint density at radius 3 is 2.83 bits per heavy atom. The summed E-state index contributed by atoms with van der Waals surface area (Å²) in [6.07, 6.45) is 0.841. The van der Waals surface area contributed by atoms with Crippen LogP contribution in [0.4, 0.5) is 0 Å². The molecule has 1 aromatic heterocycles. The van der Waals surface area contributed by atoms with Crippen LogP contribution in [0.3, 0.4) is 0 Å². The fraction of sp³-hybridized carbons (Fsp3) is 0.529. The quantitative estimate of drug-likeness (QED) is 0.896. The molecule has 0 bridgehead atoms. The second-order valence-electron chi connectivity index (χ2n) is 6.47. The van der Waals surface area contributed by atoms with E-state index in [9.17, 15) is 13.2 Å². The van der Waals surface area contributed by atoms with Crippen LogP contribution in [-0.4, -0.2) is 35.4 Å². The highest BCUT2D eigenvalue weighted by atomic mass is 32.2. The average Bonchev–Trinajstić information content (AvgIpc) is 3.06. The Hall–Kier alpha value is -1.89. The highest BCUT2D eigenvalue weighted by Crippen LogP contribution is 2.23. The second kappa shape index (κ2) is 6.55. The van der Waals surface area contributed by atoms with Gasteiger partial charge in [0.15, 0.2) is 9.84 Å². The molecular formula is C17H23N3O3S. The molecule has 6 nitrogen and oxygen atoms in total. The van der Waals surface area contributed by atoms with Crippen LogP contribution in [0.15, 0.2) is 24.3 Å². The van der Waals surface area contributed by atoms with Crippen LogP contribution in [0.2, 0.25) is 0 Å². The molecule has 0 aliphatic carbocycles. The van der Waals surface area contributed by atoms with E-state index in [0.717, 1.165) is 23.4 Å². The molecule has 130 valence electrons. The first-order valence-electron chi connectivity index (χ1n) is 8.34. The molecule has 7 heteroatoms. The van der Waals surface area contributed by atoms with Crippen LogP contribution in [-0.2, 0) is 21.2 Å². The topological polar surface area (TPSA) is 81.1 Å². The van der Waals surface area contributed by atoms with Gasteiger partial charge in [-0.1, -0.05) is 12.1 Å². The van der Waals surface area contributed by atoms with E-state index in [1.54, 1.807) is 0 Å². The van der Waals surface area contributed by atoms with E-state index in [0.29, 0.717) is 6.42 Å². The van der Waals surface area contributed by atoms with E-state index < -0.39 is 9.84 Å². The zero-order valence-corrected chi connectivity index (χ0v) is 14.8. The average molecular weight is 349 g/mol. The number of rotatable bonds is 5. The Morgan fingerprint density at radius 1 is 1.42 bits per heavy atom. The minimum atomic E-state index is -2.95. The van der Waals surface area contributed by atoms with Gasteiger partial charge in [-0.05, 0) is 38.3 Å². The lowest BCUT2D eigenvalue weighted by Gasteiger charge is -2.16. The molecule has 1 saturated heterocycles. The van der Waals surface area contributed by atoms with Gasteiger partial charge in [0.25, 0.3) is 0 Å². The normalized spacial score (nSPS) is 21.0. The van der Waals surface area contributed by atoms with Crippen molar-refractivity contribution in [3.8, 4) is 0 Å². The van der Waals surface area contributed by atoms with Crippen LogP contribution in [0, 0.1) is 5.92 Å². The highest BCUT2D eigenvalue weighted by molar-refractivity contribution is 7.91. The van der Waals surface area contributed by atoms with E-state index in [-0.39, 0.29) is 35.8 Å². The van der Waals surface area contributed by atoms with Crippen molar-refractivity contribution in [2.75, 3.05) is 11.5 Å². The lowest BCUT2D eigenvalue weighted by Crippen LogP contribution is -2.30. The number of carbonyl (C=O) groups is 1. The lowest BCUT2D eigenvalue weighted by atomic mass is 10.0. The number of imidazole rings is 1. The largest absolute Gasteiger partial charge is 0.346 e. The number of nitrogens with one attached hydrogen (secondary N) is 1. The fourth-order valence-electron chi connectivity index (χ4n) is 3.42. The molecule has 1 aromatic carbocycles. The van der Waals surface area contributed by atoms with Gasteiger partial charge >= 0.3 is 0 Å². The molecule has 1 N–H and O–H groups in total. The van der Waals surface area contributed by atoms with E-state index in [1.165, 1.54) is 0 Å². The molecule has 1 aliphatic heterocycles. The van der Waals surface area contributed by atoms with Gasteiger partial charge in [-0.25, -0.2) is 13.4 Å². The molecule has 24 heavy (non-hydrogen) atoms. The number of aryl methyl sites for hydroxylation is 1. The summed E-state index contributed by atoms with van der Waals surface area (Å²) >= 11 is 0. The molecule has 2 aromatic rings. The molecule has 0 spiro atoms. The summed E-state index contributed by atoms with van der Waals surface area (Å²) in [4.78, 5) is 16.9. The van der Waals surface area contributed by atoms with Crippen molar-refractivity contribution < 1.29 is 13.2 Å². The number of hydrogen-bond acceptors (Lipinski definition) is 4. The maximum absolute atomic E-state index is 12.3. The summed E-state index contributed by atoms with van der Waals surface area (Å²) in [6, 6.07) is 7.69. The van der Waals surface area contributed by atoms with Crippen LogP contribution >= 0.6 is 0 Å². The van der Waals surface area contributed by atoms with Gasteiger partial charge in [-0.2, -0.15) is 0 Å². The lowest BCUT2D eigenvalue weighted by molar-refractivity contribution is -0.122. The maximum atomic E-state index is 12.3. The van der Waals surface area contributed by atoms with Gasteiger partial charge in [0.05, 0.1) is 28.6 Å². The number of sulfone groups is 1. The molecule has 3 rings (SSSR count). The van der Waals surface area contributed by atoms with Crippen LogP contribution in [0.25, 0.3) is 11.0 Å². The number of carbonyl (C=O) groups excluding carboxylic acids is 1. The number of nitrogens with zero attached hydrogens (tertiary/aromatic N) is 2. The summed E-state index contributed by atoms with van der Waals surface area (Å²) in [5.74, 6) is 0.978. The fourth-order valence-corrected chi connectivity index (χ4v) is 5.28. The maximum Gasteiger partial charge on any atom is 0.220 e. The molecular weight excluding hydrogens is 326 g/mol. The van der Waals surface area contributed by atoms with E-state index in [4.69, 9.17) is 0 Å². The van der Waals surface area contributed by atoms with Gasteiger partial charge < -0.3 is 9.88 Å². The minimum absolute atomic E-state index is 0.0628. The van der Waals surface area contributed by atoms with Gasteiger partial charge in [0, 0.05) is 13.0 Å². The zero-order valence-electron chi connectivity index (χ0n) is 14.0. The smallest absolute Gasteiger partial charge is 0.220 e. The molecule has 1 aliphatic rings. The second-order valence-corrected chi connectivity index (χ2v) is 8.69. The Kier molecular flexibility index (Phi) is 4.62. The third-order valence-electron chi connectivity index (χ3n) is 4.57. The first-order valence-corrected chi connectivity index (χ1v) is 10.2. The van der Waals surface area contributed by atoms with Crippen molar-refractivity contribution in [2.45, 2.75) is 39.3 Å². The number of fused-ring (bicyclic) bond motifs is 1. The van der Waals surface area contributed by atoms with Gasteiger partial charge in [0.1, 0.15) is 5.82 Å². The first-order chi connectivity index (χ1) is 11.4. The molecule has 1 fully saturated rings. The van der Waals surface area contributed by atoms with E-state index >= 15 is 0 Å². The van der Waals surface area contributed by atoms with Crippen molar-refractivity contribution in [3.05, 3.63) is 30.1 Å². The third kappa shape index (κ3) is 3.45. The van der Waals surface area contributed by atoms with Crippen molar-refractivity contribution in [1.82, 2.24) is 14.9 Å². The Bertz CT molecular complexity index is 857. The van der Waals surface area contributed by atoms with Crippen LogP contribution in [0.5, 0.6) is 0 Å². The van der Waals surface area contributed by atoms with E-state index in [2.05, 4.69) is 21.8 Å². The Morgan fingerprint density at radius 2 is 2.17 bits per heavy atom. The number of para-hydroxylation sites is 2. The Balaban J connectivity index is 1.71. The molecule has 0 radical (unpaired) electrons. The van der Waals surface area contributed by atoms with Crippen molar-refractivity contribution >= 4 is 26.8 Å².